The normalized spacial score (nSPS) is 10.6. The van der Waals surface area contributed by atoms with Crippen molar-refractivity contribution < 1.29 is 0 Å². The molecule has 4 heteroatoms. The van der Waals surface area contributed by atoms with Crippen LogP contribution in [0.2, 0.25) is 0 Å². The maximum absolute atomic E-state index is 5.89. The van der Waals surface area contributed by atoms with Crippen molar-refractivity contribution in [3.8, 4) is 0 Å². The lowest BCUT2D eigenvalue weighted by Gasteiger charge is -2.21. The van der Waals surface area contributed by atoms with Gasteiger partial charge in [0.05, 0.1) is 0 Å². The highest BCUT2D eigenvalue weighted by Gasteiger charge is 2.11. The highest BCUT2D eigenvalue weighted by molar-refractivity contribution is 5.64. The van der Waals surface area contributed by atoms with Gasteiger partial charge in [0.1, 0.15) is 17.5 Å². The van der Waals surface area contributed by atoms with E-state index < -0.39 is 0 Å². The van der Waals surface area contributed by atoms with Gasteiger partial charge in [-0.15, -0.1) is 0 Å². The van der Waals surface area contributed by atoms with Crippen LogP contribution < -0.4 is 10.6 Å². The molecule has 106 valence electrons. The van der Waals surface area contributed by atoms with Crippen molar-refractivity contribution >= 4 is 17.3 Å². The largest absolute Gasteiger partial charge is 0.384 e. The number of nitrogens with two attached hydrogens (primary N) is 1. The van der Waals surface area contributed by atoms with Gasteiger partial charge in [0.25, 0.3) is 0 Å². The zero-order valence-corrected chi connectivity index (χ0v) is 12.6. The smallest absolute Gasteiger partial charge is 0.138 e. The molecule has 20 heavy (non-hydrogen) atoms. The first-order chi connectivity index (χ1) is 9.51. The highest BCUT2D eigenvalue weighted by Crippen LogP contribution is 2.27. The molecule has 0 spiro atoms. The average molecular weight is 270 g/mol. The van der Waals surface area contributed by atoms with Gasteiger partial charge in [-0.1, -0.05) is 24.6 Å². The van der Waals surface area contributed by atoms with Gasteiger partial charge in [-0.25, -0.2) is 9.97 Å². The third-order valence-electron chi connectivity index (χ3n) is 3.31. The van der Waals surface area contributed by atoms with Crippen molar-refractivity contribution in [1.29, 1.82) is 0 Å². The van der Waals surface area contributed by atoms with Crippen LogP contribution in [0.1, 0.15) is 30.3 Å². The Morgan fingerprint density at radius 2 is 1.90 bits per heavy atom. The lowest BCUT2D eigenvalue weighted by Crippen LogP contribution is -2.15. The maximum atomic E-state index is 5.89. The van der Waals surface area contributed by atoms with E-state index in [0.717, 1.165) is 30.2 Å². The summed E-state index contributed by atoms with van der Waals surface area (Å²) in [7, 11) is 2.01. The molecule has 1 aromatic carbocycles. The number of benzene rings is 1. The molecule has 0 aliphatic rings. The molecule has 2 aromatic rings. The second-order valence-electron chi connectivity index (χ2n) is 5.17. The Bertz CT molecular complexity index is 607. The van der Waals surface area contributed by atoms with E-state index in [4.69, 9.17) is 5.73 Å². The predicted octanol–water partition coefficient (Wildman–Crippen LogP) is 3.40. The van der Waals surface area contributed by atoms with Crippen molar-refractivity contribution in [3.63, 3.8) is 0 Å². The number of aryl methyl sites for hydroxylation is 3. The van der Waals surface area contributed by atoms with Crippen LogP contribution in [0.4, 0.5) is 17.3 Å². The van der Waals surface area contributed by atoms with Crippen LogP contribution in [-0.4, -0.2) is 17.0 Å². The number of nitrogens with zero attached hydrogens (tertiary/aromatic N) is 3. The van der Waals surface area contributed by atoms with Crippen LogP contribution in [0.5, 0.6) is 0 Å². The Morgan fingerprint density at radius 1 is 1.15 bits per heavy atom. The minimum atomic E-state index is 0.523. The Morgan fingerprint density at radius 3 is 2.55 bits per heavy atom. The molecule has 0 amide bonds. The molecule has 0 bridgehead atoms. The first-order valence-corrected chi connectivity index (χ1v) is 6.95. The van der Waals surface area contributed by atoms with Gasteiger partial charge in [0.2, 0.25) is 0 Å². The Kier molecular flexibility index (Phi) is 4.23. The minimum Gasteiger partial charge on any atom is -0.384 e. The van der Waals surface area contributed by atoms with E-state index in [9.17, 15) is 0 Å². The molecule has 4 nitrogen and oxygen atoms in total. The second kappa shape index (κ2) is 5.90. The van der Waals surface area contributed by atoms with Crippen molar-refractivity contribution in [1.82, 2.24) is 9.97 Å². The summed E-state index contributed by atoms with van der Waals surface area (Å²) in [4.78, 5) is 10.9. The summed E-state index contributed by atoms with van der Waals surface area (Å²) < 4.78 is 0. The highest BCUT2D eigenvalue weighted by atomic mass is 15.2. The average Bonchev–Trinajstić information content (AvgIpc) is 2.37. The standard InChI is InChI=1S/C16H22N4/c1-5-6-15-18-14(17)10-16(19-15)20(4)13-8-7-11(2)9-12(13)3/h7-10H,5-6H2,1-4H3,(H2,17,18,19). The van der Waals surface area contributed by atoms with Crippen molar-refractivity contribution in [3.05, 3.63) is 41.2 Å². The monoisotopic (exact) mass is 270 g/mol. The number of hydrogen-bond donors (Lipinski definition) is 1. The first kappa shape index (κ1) is 14.3. The quantitative estimate of drug-likeness (QED) is 0.925. The number of aromatic nitrogens is 2. The molecule has 0 saturated heterocycles. The van der Waals surface area contributed by atoms with Gasteiger partial charge in [-0.3, -0.25) is 0 Å². The van der Waals surface area contributed by atoms with E-state index in [2.05, 4.69) is 53.8 Å². The van der Waals surface area contributed by atoms with Gasteiger partial charge >= 0.3 is 0 Å². The lowest BCUT2D eigenvalue weighted by atomic mass is 10.1. The third-order valence-corrected chi connectivity index (χ3v) is 3.31. The summed E-state index contributed by atoms with van der Waals surface area (Å²) in [6, 6.07) is 8.21. The molecular weight excluding hydrogens is 248 g/mol. The molecule has 0 atom stereocenters. The fraction of sp³-hybridized carbons (Fsp3) is 0.375. The number of nitrogen functional groups attached to an aromatic ring is 1. The second-order valence-corrected chi connectivity index (χ2v) is 5.17. The molecule has 2 rings (SSSR count). The summed E-state index contributed by atoms with van der Waals surface area (Å²) in [6.07, 6.45) is 1.86. The van der Waals surface area contributed by atoms with Crippen LogP contribution in [0.3, 0.4) is 0 Å². The molecule has 0 fully saturated rings. The summed E-state index contributed by atoms with van der Waals surface area (Å²) >= 11 is 0. The molecule has 0 aliphatic carbocycles. The van der Waals surface area contributed by atoms with Crippen LogP contribution in [0, 0.1) is 13.8 Å². The molecule has 0 saturated carbocycles. The van der Waals surface area contributed by atoms with Crippen LogP contribution in [0.25, 0.3) is 0 Å². The molecule has 1 heterocycles. The van der Waals surface area contributed by atoms with E-state index in [1.54, 1.807) is 0 Å². The Labute approximate surface area is 120 Å². The van der Waals surface area contributed by atoms with Crippen LogP contribution >= 0.6 is 0 Å². The molecule has 2 N–H and O–H groups in total. The molecular formula is C16H22N4. The SMILES string of the molecule is CCCc1nc(N)cc(N(C)c2ccc(C)cc2C)n1. The zero-order chi connectivity index (χ0) is 14.7. The van der Waals surface area contributed by atoms with E-state index in [1.807, 2.05) is 13.1 Å². The van der Waals surface area contributed by atoms with Gasteiger partial charge in [0, 0.05) is 25.2 Å². The summed E-state index contributed by atoms with van der Waals surface area (Å²) in [6.45, 7) is 6.31. The molecule has 1 aromatic heterocycles. The summed E-state index contributed by atoms with van der Waals surface area (Å²) in [5, 5.41) is 0. The van der Waals surface area contributed by atoms with Crippen molar-refractivity contribution in [2.75, 3.05) is 17.7 Å². The van der Waals surface area contributed by atoms with Crippen molar-refractivity contribution in [2.24, 2.45) is 0 Å². The molecule has 0 aliphatic heterocycles. The maximum Gasteiger partial charge on any atom is 0.138 e. The number of hydrogen-bond acceptors (Lipinski definition) is 4. The van der Waals surface area contributed by atoms with E-state index in [1.165, 1.54) is 11.1 Å². The summed E-state index contributed by atoms with van der Waals surface area (Å²) in [5.41, 5.74) is 9.51. The molecule has 0 unspecified atom stereocenters. The number of anilines is 3. The van der Waals surface area contributed by atoms with E-state index in [0.29, 0.717) is 5.82 Å². The van der Waals surface area contributed by atoms with Crippen molar-refractivity contribution in [2.45, 2.75) is 33.6 Å². The predicted molar refractivity (Wildman–Crippen MR) is 84.4 cm³/mol. The summed E-state index contributed by atoms with van der Waals surface area (Å²) in [5.74, 6) is 2.17. The van der Waals surface area contributed by atoms with Gasteiger partial charge in [-0.2, -0.15) is 0 Å². The van der Waals surface area contributed by atoms with E-state index in [-0.39, 0.29) is 0 Å². The fourth-order valence-corrected chi connectivity index (χ4v) is 2.32. The van der Waals surface area contributed by atoms with Gasteiger partial charge in [-0.05, 0) is 31.9 Å². The van der Waals surface area contributed by atoms with E-state index >= 15 is 0 Å². The zero-order valence-electron chi connectivity index (χ0n) is 12.6. The Balaban J connectivity index is 2.39. The number of rotatable bonds is 4. The van der Waals surface area contributed by atoms with Gasteiger partial charge < -0.3 is 10.6 Å². The molecule has 0 radical (unpaired) electrons. The lowest BCUT2D eigenvalue weighted by molar-refractivity contribution is 0.833. The Hall–Kier alpha value is -2.10. The van der Waals surface area contributed by atoms with Crippen LogP contribution in [0.15, 0.2) is 24.3 Å². The van der Waals surface area contributed by atoms with Crippen LogP contribution in [-0.2, 0) is 6.42 Å². The third kappa shape index (κ3) is 3.07. The van der Waals surface area contributed by atoms with Gasteiger partial charge in [0.15, 0.2) is 0 Å². The minimum absolute atomic E-state index is 0.523. The first-order valence-electron chi connectivity index (χ1n) is 6.95. The topological polar surface area (TPSA) is 55.0 Å². The fourth-order valence-electron chi connectivity index (χ4n) is 2.32.